The zero-order valence-electron chi connectivity index (χ0n) is 16.0. The quantitative estimate of drug-likeness (QED) is 0.696. The molecule has 27 heavy (non-hydrogen) atoms. The highest BCUT2D eigenvalue weighted by atomic mass is 16.5. The molecule has 1 aromatic heterocycles. The molecule has 0 bridgehead atoms. The second-order valence-corrected chi connectivity index (χ2v) is 7.45. The maximum atomic E-state index is 12.9. The van der Waals surface area contributed by atoms with Crippen molar-refractivity contribution in [1.29, 1.82) is 0 Å². The molecular formula is C20H26N2O5. The summed E-state index contributed by atoms with van der Waals surface area (Å²) in [5.41, 5.74) is 0.166. The van der Waals surface area contributed by atoms with Crippen LogP contribution in [0.1, 0.15) is 50.4 Å². The van der Waals surface area contributed by atoms with E-state index < -0.39 is 23.4 Å². The molecule has 0 saturated heterocycles. The maximum Gasteiger partial charge on any atom is 0.313 e. The van der Waals surface area contributed by atoms with Crippen LogP contribution < -0.4 is 10.3 Å². The fraction of sp³-hybridized carbons (Fsp3) is 0.500. The van der Waals surface area contributed by atoms with Gasteiger partial charge in [0.1, 0.15) is 5.75 Å². The minimum atomic E-state index is -1.37. The number of carbonyl (C=O) groups is 1. The third kappa shape index (κ3) is 3.64. The molecule has 0 saturated carbocycles. The first-order valence-electron chi connectivity index (χ1n) is 9.19. The van der Waals surface area contributed by atoms with Gasteiger partial charge in [-0.2, -0.15) is 0 Å². The average Bonchev–Trinajstić information content (AvgIpc) is 2.93. The number of hydrogen-bond donors (Lipinski definition) is 3. The standard InChI is InChI=1S/C20H26N2O5/c1-5-26-13-8-6-12(7-9-13)15-16-14(21-22-18(16)23)10-20(4,25)17(15)19(24)27-11(2)3/h6-9,11,15,17,25H,5,10H2,1-4H3,(H2,21,22,23)/t15-,17+,20-/m1/s1. The minimum absolute atomic E-state index is 0.159. The van der Waals surface area contributed by atoms with Crippen LogP contribution in [-0.4, -0.2) is 39.6 Å². The van der Waals surface area contributed by atoms with Crippen molar-refractivity contribution in [3.8, 4) is 5.75 Å². The number of rotatable bonds is 5. The smallest absolute Gasteiger partial charge is 0.313 e. The van der Waals surface area contributed by atoms with Crippen molar-refractivity contribution in [2.75, 3.05) is 6.61 Å². The van der Waals surface area contributed by atoms with Crippen LogP contribution in [-0.2, 0) is 16.0 Å². The number of ether oxygens (including phenoxy) is 2. The second-order valence-electron chi connectivity index (χ2n) is 7.45. The number of hydrogen-bond acceptors (Lipinski definition) is 5. The number of H-pyrrole nitrogens is 2. The Morgan fingerprint density at radius 2 is 1.96 bits per heavy atom. The number of aromatic nitrogens is 2. The molecule has 1 aliphatic carbocycles. The number of esters is 1. The number of fused-ring (bicyclic) bond motifs is 1. The Labute approximate surface area is 157 Å². The summed E-state index contributed by atoms with van der Waals surface area (Å²) in [6.45, 7) is 7.57. The van der Waals surface area contributed by atoms with Crippen molar-refractivity contribution in [2.24, 2.45) is 5.92 Å². The first-order valence-corrected chi connectivity index (χ1v) is 9.19. The van der Waals surface area contributed by atoms with E-state index in [9.17, 15) is 14.7 Å². The number of aliphatic hydroxyl groups is 1. The molecule has 1 aromatic carbocycles. The molecule has 2 aromatic rings. The molecule has 0 fully saturated rings. The molecule has 0 aliphatic heterocycles. The lowest BCUT2D eigenvalue weighted by Crippen LogP contribution is -2.50. The van der Waals surface area contributed by atoms with E-state index in [4.69, 9.17) is 9.47 Å². The highest BCUT2D eigenvalue weighted by Crippen LogP contribution is 2.44. The zero-order valence-corrected chi connectivity index (χ0v) is 16.0. The Morgan fingerprint density at radius 3 is 2.56 bits per heavy atom. The van der Waals surface area contributed by atoms with Crippen LogP contribution >= 0.6 is 0 Å². The Hall–Kier alpha value is -2.54. The number of nitrogens with one attached hydrogen (secondary N) is 2. The molecule has 3 N–H and O–H groups in total. The molecule has 3 rings (SSSR count). The van der Waals surface area contributed by atoms with E-state index in [1.165, 1.54) is 0 Å². The van der Waals surface area contributed by atoms with Crippen LogP contribution in [0.3, 0.4) is 0 Å². The van der Waals surface area contributed by atoms with Crippen LogP contribution in [0.2, 0.25) is 0 Å². The predicted octanol–water partition coefficient (Wildman–Crippen LogP) is 2.11. The molecular weight excluding hydrogens is 348 g/mol. The summed E-state index contributed by atoms with van der Waals surface area (Å²) < 4.78 is 10.9. The molecule has 7 heteroatoms. The number of carbonyl (C=O) groups excluding carboxylic acids is 1. The largest absolute Gasteiger partial charge is 0.494 e. The van der Waals surface area contributed by atoms with E-state index in [0.717, 1.165) is 5.56 Å². The van der Waals surface area contributed by atoms with Crippen molar-refractivity contribution in [3.63, 3.8) is 0 Å². The van der Waals surface area contributed by atoms with Crippen LogP contribution in [0, 0.1) is 5.92 Å². The molecule has 1 heterocycles. The lowest BCUT2D eigenvalue weighted by atomic mass is 9.66. The Bertz CT molecular complexity index is 863. The molecule has 0 radical (unpaired) electrons. The van der Waals surface area contributed by atoms with E-state index in [-0.39, 0.29) is 18.1 Å². The van der Waals surface area contributed by atoms with E-state index in [2.05, 4.69) is 10.2 Å². The van der Waals surface area contributed by atoms with E-state index in [0.29, 0.717) is 23.6 Å². The van der Waals surface area contributed by atoms with Crippen molar-refractivity contribution < 1.29 is 19.4 Å². The van der Waals surface area contributed by atoms with Gasteiger partial charge in [-0.05, 0) is 45.4 Å². The van der Waals surface area contributed by atoms with E-state index in [1.54, 1.807) is 32.9 Å². The van der Waals surface area contributed by atoms with Crippen molar-refractivity contribution in [1.82, 2.24) is 10.2 Å². The predicted molar refractivity (Wildman–Crippen MR) is 99.9 cm³/mol. The summed E-state index contributed by atoms with van der Waals surface area (Å²) in [5, 5.41) is 16.5. The molecule has 0 unspecified atom stereocenters. The normalized spacial score (nSPS) is 24.5. The summed E-state index contributed by atoms with van der Waals surface area (Å²) in [6.07, 6.45) is -0.160. The fourth-order valence-corrected chi connectivity index (χ4v) is 3.86. The summed E-state index contributed by atoms with van der Waals surface area (Å²) in [5.74, 6) is -1.34. The maximum absolute atomic E-state index is 12.9. The molecule has 0 spiro atoms. The van der Waals surface area contributed by atoms with Gasteiger partial charge in [0.15, 0.2) is 0 Å². The molecule has 3 atom stereocenters. The Morgan fingerprint density at radius 1 is 1.30 bits per heavy atom. The van der Waals surface area contributed by atoms with Gasteiger partial charge in [-0.25, -0.2) is 0 Å². The highest BCUT2D eigenvalue weighted by Gasteiger charge is 2.51. The summed E-state index contributed by atoms with van der Waals surface area (Å²) in [6, 6.07) is 7.24. The zero-order chi connectivity index (χ0) is 19.8. The molecule has 0 amide bonds. The summed E-state index contributed by atoms with van der Waals surface area (Å²) in [4.78, 5) is 25.4. The fourth-order valence-electron chi connectivity index (χ4n) is 3.86. The van der Waals surface area contributed by atoms with Crippen molar-refractivity contribution in [2.45, 2.75) is 51.7 Å². The van der Waals surface area contributed by atoms with Gasteiger partial charge in [0, 0.05) is 23.6 Å². The third-order valence-corrected chi connectivity index (χ3v) is 4.90. The molecule has 146 valence electrons. The third-order valence-electron chi connectivity index (χ3n) is 4.90. The van der Waals surface area contributed by atoms with Crippen LogP contribution in [0.4, 0.5) is 0 Å². The van der Waals surface area contributed by atoms with Gasteiger partial charge in [-0.3, -0.25) is 14.7 Å². The first-order chi connectivity index (χ1) is 12.7. The van der Waals surface area contributed by atoms with Crippen LogP contribution in [0.5, 0.6) is 5.75 Å². The Kier molecular flexibility index (Phi) is 5.15. The lowest BCUT2D eigenvalue weighted by molar-refractivity contribution is -0.163. The lowest BCUT2D eigenvalue weighted by Gasteiger charge is -2.40. The van der Waals surface area contributed by atoms with Gasteiger partial charge in [-0.1, -0.05) is 12.1 Å². The number of benzene rings is 1. The molecule has 1 aliphatic rings. The average molecular weight is 374 g/mol. The van der Waals surface area contributed by atoms with Gasteiger partial charge in [0.05, 0.1) is 24.2 Å². The first kappa shape index (κ1) is 19.2. The van der Waals surface area contributed by atoms with Crippen molar-refractivity contribution >= 4 is 5.97 Å². The van der Waals surface area contributed by atoms with Crippen molar-refractivity contribution in [3.05, 3.63) is 51.4 Å². The van der Waals surface area contributed by atoms with Gasteiger partial charge in [0.2, 0.25) is 0 Å². The van der Waals surface area contributed by atoms with E-state index in [1.807, 2.05) is 19.1 Å². The second kappa shape index (κ2) is 7.23. The van der Waals surface area contributed by atoms with Gasteiger partial charge >= 0.3 is 5.97 Å². The van der Waals surface area contributed by atoms with Gasteiger partial charge in [-0.15, -0.1) is 0 Å². The van der Waals surface area contributed by atoms with Gasteiger partial charge < -0.3 is 19.7 Å². The van der Waals surface area contributed by atoms with Gasteiger partial charge in [0.25, 0.3) is 5.56 Å². The topological polar surface area (TPSA) is 104 Å². The SMILES string of the molecule is CCOc1ccc([C@@H]2c3c([nH][nH]c3=O)C[C@@](C)(O)[C@@H]2C(=O)OC(C)C)cc1. The molecule has 7 nitrogen and oxygen atoms in total. The van der Waals surface area contributed by atoms with Crippen LogP contribution in [0.25, 0.3) is 0 Å². The summed E-state index contributed by atoms with van der Waals surface area (Å²) in [7, 11) is 0. The highest BCUT2D eigenvalue weighted by molar-refractivity contribution is 5.77. The number of aromatic amines is 2. The van der Waals surface area contributed by atoms with Crippen LogP contribution in [0.15, 0.2) is 29.1 Å². The van der Waals surface area contributed by atoms with E-state index >= 15 is 0 Å². The minimum Gasteiger partial charge on any atom is -0.494 e. The Balaban J connectivity index is 2.12. The monoisotopic (exact) mass is 374 g/mol. The summed E-state index contributed by atoms with van der Waals surface area (Å²) >= 11 is 0.